The number of oxime groups is 1. The maximum atomic E-state index is 12.5. The SMILES string of the molecule is CC(C)(C(=O)N1CCCCCC1CO)C(N)=NO. The topological polar surface area (TPSA) is 99.2 Å². The molecule has 0 bridgehead atoms. The van der Waals surface area contributed by atoms with Gasteiger partial charge in [-0.3, -0.25) is 4.79 Å². The highest BCUT2D eigenvalue weighted by molar-refractivity contribution is 6.06. The van der Waals surface area contributed by atoms with Gasteiger partial charge in [0.2, 0.25) is 5.91 Å². The van der Waals surface area contributed by atoms with Crippen LogP contribution in [0.4, 0.5) is 0 Å². The molecule has 0 aromatic rings. The molecule has 0 radical (unpaired) electrons. The number of hydrogen-bond donors (Lipinski definition) is 3. The van der Waals surface area contributed by atoms with Crippen LogP contribution in [-0.2, 0) is 4.79 Å². The van der Waals surface area contributed by atoms with Gasteiger partial charge in [-0.15, -0.1) is 0 Å². The lowest BCUT2D eigenvalue weighted by Gasteiger charge is -2.35. The van der Waals surface area contributed by atoms with Crippen LogP contribution in [0.3, 0.4) is 0 Å². The van der Waals surface area contributed by atoms with Gasteiger partial charge in [-0.05, 0) is 26.7 Å². The van der Waals surface area contributed by atoms with Gasteiger partial charge in [-0.2, -0.15) is 0 Å². The van der Waals surface area contributed by atoms with Gasteiger partial charge in [0.25, 0.3) is 0 Å². The third kappa shape index (κ3) is 2.93. The van der Waals surface area contributed by atoms with Crippen LogP contribution >= 0.6 is 0 Å². The lowest BCUT2D eigenvalue weighted by atomic mass is 9.89. The Bertz CT molecular complexity index is 329. The number of carbonyl (C=O) groups excluding carboxylic acids is 1. The predicted octanol–water partition coefficient (Wildman–Crippen LogP) is 0.523. The highest BCUT2D eigenvalue weighted by Gasteiger charge is 2.39. The second-order valence-corrected chi connectivity index (χ2v) is 5.29. The molecule has 0 aromatic carbocycles. The third-order valence-corrected chi connectivity index (χ3v) is 3.63. The van der Waals surface area contributed by atoms with Gasteiger partial charge >= 0.3 is 0 Å². The zero-order valence-corrected chi connectivity index (χ0v) is 11.1. The van der Waals surface area contributed by atoms with E-state index < -0.39 is 5.41 Å². The Morgan fingerprint density at radius 2 is 2.11 bits per heavy atom. The first-order valence-electron chi connectivity index (χ1n) is 6.35. The Balaban J connectivity index is 2.92. The molecule has 0 aliphatic carbocycles. The highest BCUT2D eigenvalue weighted by atomic mass is 16.4. The Kier molecular flexibility index (Phi) is 4.95. The maximum Gasteiger partial charge on any atom is 0.236 e. The third-order valence-electron chi connectivity index (χ3n) is 3.63. The number of nitrogens with two attached hydrogens (primary N) is 1. The van der Waals surface area contributed by atoms with Crippen LogP contribution in [0.5, 0.6) is 0 Å². The number of carbonyl (C=O) groups is 1. The molecule has 0 aromatic heterocycles. The van der Waals surface area contributed by atoms with Crippen molar-refractivity contribution in [3.8, 4) is 0 Å². The van der Waals surface area contributed by atoms with E-state index in [0.717, 1.165) is 25.7 Å². The van der Waals surface area contributed by atoms with Crippen molar-refractivity contribution in [1.29, 1.82) is 0 Å². The summed E-state index contributed by atoms with van der Waals surface area (Å²) >= 11 is 0. The first-order chi connectivity index (χ1) is 8.45. The summed E-state index contributed by atoms with van der Waals surface area (Å²) in [5.41, 5.74) is 4.53. The molecule has 1 aliphatic heterocycles. The first kappa shape index (κ1) is 14.8. The van der Waals surface area contributed by atoms with E-state index in [1.165, 1.54) is 0 Å². The van der Waals surface area contributed by atoms with Gasteiger partial charge in [-0.1, -0.05) is 18.0 Å². The van der Waals surface area contributed by atoms with Crippen LogP contribution in [0.15, 0.2) is 5.16 Å². The van der Waals surface area contributed by atoms with Crippen LogP contribution < -0.4 is 5.73 Å². The smallest absolute Gasteiger partial charge is 0.236 e. The van der Waals surface area contributed by atoms with Crippen LogP contribution in [0.1, 0.15) is 39.5 Å². The molecule has 6 heteroatoms. The van der Waals surface area contributed by atoms with Crippen molar-refractivity contribution in [2.24, 2.45) is 16.3 Å². The van der Waals surface area contributed by atoms with E-state index in [2.05, 4.69) is 5.16 Å². The predicted molar refractivity (Wildman–Crippen MR) is 68.2 cm³/mol. The summed E-state index contributed by atoms with van der Waals surface area (Å²) in [6.45, 7) is 3.83. The molecule has 0 saturated carbocycles. The molecule has 1 amide bonds. The minimum absolute atomic E-state index is 0.0437. The summed E-state index contributed by atoms with van der Waals surface area (Å²) in [5.74, 6) is -0.299. The van der Waals surface area contributed by atoms with Gasteiger partial charge in [0.1, 0.15) is 5.41 Å². The summed E-state index contributed by atoms with van der Waals surface area (Å²) in [5, 5.41) is 21.1. The molecule has 1 rings (SSSR count). The fourth-order valence-corrected chi connectivity index (χ4v) is 2.23. The molecule has 1 aliphatic rings. The number of hydrogen-bond acceptors (Lipinski definition) is 4. The Hall–Kier alpha value is -1.30. The highest BCUT2D eigenvalue weighted by Crippen LogP contribution is 2.25. The molecule has 4 N–H and O–H groups in total. The van der Waals surface area contributed by atoms with E-state index in [9.17, 15) is 9.90 Å². The Morgan fingerprint density at radius 3 is 2.67 bits per heavy atom. The fraction of sp³-hybridized carbons (Fsp3) is 0.833. The van der Waals surface area contributed by atoms with E-state index in [0.29, 0.717) is 6.54 Å². The summed E-state index contributed by atoms with van der Waals surface area (Å²) in [4.78, 5) is 14.2. The van der Waals surface area contributed by atoms with Crippen molar-refractivity contribution in [1.82, 2.24) is 4.90 Å². The number of aliphatic hydroxyl groups excluding tert-OH is 1. The van der Waals surface area contributed by atoms with Gasteiger partial charge < -0.3 is 20.9 Å². The van der Waals surface area contributed by atoms with Gasteiger partial charge in [0.05, 0.1) is 12.6 Å². The lowest BCUT2D eigenvalue weighted by molar-refractivity contribution is -0.140. The van der Waals surface area contributed by atoms with Gasteiger partial charge in [0, 0.05) is 6.54 Å². The van der Waals surface area contributed by atoms with Crippen LogP contribution in [0.25, 0.3) is 0 Å². The number of likely N-dealkylation sites (tertiary alicyclic amines) is 1. The van der Waals surface area contributed by atoms with Crippen molar-refractivity contribution in [2.75, 3.05) is 13.2 Å². The van der Waals surface area contributed by atoms with Gasteiger partial charge in [-0.25, -0.2) is 0 Å². The molecule has 18 heavy (non-hydrogen) atoms. The molecular formula is C12H23N3O3. The number of aliphatic hydroxyl groups is 1. The van der Waals surface area contributed by atoms with Crippen LogP contribution in [0.2, 0.25) is 0 Å². The first-order valence-corrected chi connectivity index (χ1v) is 6.35. The summed E-state index contributed by atoms with van der Waals surface area (Å²) in [6.07, 6.45) is 3.80. The van der Waals surface area contributed by atoms with E-state index >= 15 is 0 Å². The molecule has 0 spiro atoms. The van der Waals surface area contributed by atoms with Crippen molar-refractivity contribution < 1.29 is 15.1 Å². The van der Waals surface area contributed by atoms with E-state index in [1.807, 2.05) is 0 Å². The molecule has 104 valence electrons. The zero-order chi connectivity index (χ0) is 13.8. The Labute approximate surface area is 107 Å². The maximum absolute atomic E-state index is 12.5. The molecular weight excluding hydrogens is 234 g/mol. The zero-order valence-electron chi connectivity index (χ0n) is 11.1. The minimum atomic E-state index is -1.05. The molecule has 6 nitrogen and oxygen atoms in total. The van der Waals surface area contributed by atoms with Crippen molar-refractivity contribution in [3.05, 3.63) is 0 Å². The second kappa shape index (κ2) is 6.04. The molecule has 1 fully saturated rings. The van der Waals surface area contributed by atoms with Crippen LogP contribution in [0, 0.1) is 5.41 Å². The monoisotopic (exact) mass is 257 g/mol. The number of rotatable bonds is 3. The number of amides is 1. The number of nitrogens with zero attached hydrogens (tertiary/aromatic N) is 2. The van der Waals surface area contributed by atoms with E-state index in [-0.39, 0.29) is 24.4 Å². The summed E-state index contributed by atoms with van der Waals surface area (Å²) in [6, 6.07) is -0.161. The number of amidine groups is 1. The van der Waals surface area contributed by atoms with Gasteiger partial charge in [0.15, 0.2) is 5.84 Å². The molecule has 1 atom stereocenters. The second-order valence-electron chi connectivity index (χ2n) is 5.29. The average molecular weight is 257 g/mol. The molecule has 1 heterocycles. The standard InChI is InChI=1S/C12H23N3O3/c1-12(2,10(13)14-18)11(17)15-7-5-3-4-6-9(15)8-16/h9,16,18H,3-8H2,1-2H3,(H2,13,14). The van der Waals surface area contributed by atoms with E-state index in [1.54, 1.807) is 18.7 Å². The van der Waals surface area contributed by atoms with Crippen molar-refractivity contribution >= 4 is 11.7 Å². The van der Waals surface area contributed by atoms with Crippen molar-refractivity contribution in [2.45, 2.75) is 45.6 Å². The fourth-order valence-electron chi connectivity index (χ4n) is 2.23. The Morgan fingerprint density at radius 1 is 1.44 bits per heavy atom. The lowest BCUT2D eigenvalue weighted by Crippen LogP contribution is -2.52. The summed E-state index contributed by atoms with van der Waals surface area (Å²) in [7, 11) is 0. The van der Waals surface area contributed by atoms with Crippen LogP contribution in [-0.4, -0.2) is 46.1 Å². The average Bonchev–Trinajstić information content (AvgIpc) is 2.61. The largest absolute Gasteiger partial charge is 0.409 e. The molecule has 1 saturated heterocycles. The minimum Gasteiger partial charge on any atom is -0.409 e. The van der Waals surface area contributed by atoms with E-state index in [4.69, 9.17) is 10.9 Å². The summed E-state index contributed by atoms with van der Waals surface area (Å²) < 4.78 is 0. The molecule has 1 unspecified atom stereocenters. The van der Waals surface area contributed by atoms with Crippen molar-refractivity contribution in [3.63, 3.8) is 0 Å². The quantitative estimate of drug-likeness (QED) is 0.297. The normalized spacial score (nSPS) is 22.7.